The lowest BCUT2D eigenvalue weighted by Gasteiger charge is -2.11. The summed E-state index contributed by atoms with van der Waals surface area (Å²) in [6, 6.07) is 17.5. The highest BCUT2D eigenvalue weighted by atomic mass is 14.7. The van der Waals surface area contributed by atoms with Crippen LogP contribution in [0.3, 0.4) is 0 Å². The highest BCUT2D eigenvalue weighted by molar-refractivity contribution is 5.88. The summed E-state index contributed by atoms with van der Waals surface area (Å²) in [6.07, 6.45) is 3.55. The molecule has 0 saturated carbocycles. The molecule has 0 amide bonds. The molecule has 2 aromatic heterocycles. The third kappa shape index (κ3) is 2.18. The zero-order chi connectivity index (χ0) is 13.1. The van der Waals surface area contributed by atoms with E-state index in [1.165, 1.54) is 0 Å². The molecular weight excluding hydrogens is 234 g/mol. The van der Waals surface area contributed by atoms with E-state index in [1.807, 2.05) is 54.6 Å². The van der Waals surface area contributed by atoms with Gasteiger partial charge in [-0.1, -0.05) is 24.3 Å². The molecule has 19 heavy (non-hydrogen) atoms. The first-order valence-electron chi connectivity index (χ1n) is 6.07. The van der Waals surface area contributed by atoms with Crippen LogP contribution in [0, 0.1) is 0 Å². The summed E-state index contributed by atoms with van der Waals surface area (Å²) in [7, 11) is 0. The van der Waals surface area contributed by atoms with Crippen molar-refractivity contribution >= 4 is 5.69 Å². The highest BCUT2D eigenvalue weighted by Gasteiger charge is 2.11. The fourth-order valence-electron chi connectivity index (χ4n) is 2.10. The predicted octanol–water partition coefficient (Wildman–Crippen LogP) is 3.39. The van der Waals surface area contributed by atoms with Gasteiger partial charge in [0.1, 0.15) is 0 Å². The summed E-state index contributed by atoms with van der Waals surface area (Å²) in [5.41, 5.74) is 10.5. The molecule has 3 heteroatoms. The van der Waals surface area contributed by atoms with Gasteiger partial charge in [-0.25, -0.2) is 0 Å². The van der Waals surface area contributed by atoms with E-state index in [1.54, 1.807) is 12.4 Å². The summed E-state index contributed by atoms with van der Waals surface area (Å²) in [6.45, 7) is 0. The van der Waals surface area contributed by atoms with Gasteiger partial charge in [-0.2, -0.15) is 0 Å². The Balaban J connectivity index is 2.25. The lowest BCUT2D eigenvalue weighted by Crippen LogP contribution is -1.95. The van der Waals surface area contributed by atoms with Crippen LogP contribution < -0.4 is 5.73 Å². The Morgan fingerprint density at radius 2 is 1.37 bits per heavy atom. The Bertz CT molecular complexity index is 679. The van der Waals surface area contributed by atoms with Crippen molar-refractivity contribution in [3.63, 3.8) is 0 Å². The largest absolute Gasteiger partial charge is 0.398 e. The van der Waals surface area contributed by atoms with Gasteiger partial charge in [-0.05, 0) is 30.3 Å². The van der Waals surface area contributed by atoms with Crippen LogP contribution in [0.4, 0.5) is 5.69 Å². The minimum Gasteiger partial charge on any atom is -0.398 e. The molecule has 2 N–H and O–H groups in total. The SMILES string of the molecule is Nc1cccc(-c2ccccn2)c1-c1ccccn1. The first kappa shape index (κ1) is 11.4. The molecular formula is C16H13N3. The Morgan fingerprint density at radius 1 is 0.684 bits per heavy atom. The lowest BCUT2D eigenvalue weighted by molar-refractivity contribution is 1.30. The summed E-state index contributed by atoms with van der Waals surface area (Å²) in [5, 5.41) is 0. The topological polar surface area (TPSA) is 51.8 Å². The summed E-state index contributed by atoms with van der Waals surface area (Å²) >= 11 is 0. The first-order chi connectivity index (χ1) is 9.36. The number of pyridine rings is 2. The number of nitrogens with two attached hydrogens (primary N) is 1. The number of nitrogen functional groups attached to an aromatic ring is 1. The number of hydrogen-bond acceptors (Lipinski definition) is 3. The van der Waals surface area contributed by atoms with Crippen molar-refractivity contribution in [2.45, 2.75) is 0 Å². The van der Waals surface area contributed by atoms with Gasteiger partial charge >= 0.3 is 0 Å². The number of anilines is 1. The van der Waals surface area contributed by atoms with Gasteiger partial charge in [0, 0.05) is 29.2 Å². The van der Waals surface area contributed by atoms with Crippen molar-refractivity contribution in [2.75, 3.05) is 5.73 Å². The summed E-state index contributed by atoms with van der Waals surface area (Å²) in [4.78, 5) is 8.78. The minimum absolute atomic E-state index is 0.710. The summed E-state index contributed by atoms with van der Waals surface area (Å²) in [5.74, 6) is 0. The maximum Gasteiger partial charge on any atom is 0.0729 e. The number of hydrogen-bond donors (Lipinski definition) is 1. The van der Waals surface area contributed by atoms with Crippen molar-refractivity contribution < 1.29 is 0 Å². The lowest BCUT2D eigenvalue weighted by atomic mass is 9.99. The fourth-order valence-corrected chi connectivity index (χ4v) is 2.10. The second-order valence-corrected chi connectivity index (χ2v) is 4.20. The van der Waals surface area contributed by atoms with Crippen LogP contribution in [0.15, 0.2) is 67.0 Å². The smallest absolute Gasteiger partial charge is 0.0729 e. The van der Waals surface area contributed by atoms with E-state index in [0.717, 1.165) is 22.5 Å². The normalized spacial score (nSPS) is 10.3. The van der Waals surface area contributed by atoms with Crippen LogP contribution in [0.2, 0.25) is 0 Å². The first-order valence-corrected chi connectivity index (χ1v) is 6.07. The minimum atomic E-state index is 0.710. The van der Waals surface area contributed by atoms with Gasteiger partial charge in [0.05, 0.1) is 11.4 Å². The van der Waals surface area contributed by atoms with Crippen LogP contribution in [-0.2, 0) is 0 Å². The van der Waals surface area contributed by atoms with E-state index < -0.39 is 0 Å². The van der Waals surface area contributed by atoms with Crippen molar-refractivity contribution in [1.29, 1.82) is 0 Å². The van der Waals surface area contributed by atoms with Gasteiger partial charge in [0.15, 0.2) is 0 Å². The number of nitrogens with zero attached hydrogens (tertiary/aromatic N) is 2. The van der Waals surface area contributed by atoms with E-state index in [-0.39, 0.29) is 0 Å². The Kier molecular flexibility index (Phi) is 2.94. The van der Waals surface area contributed by atoms with Crippen molar-refractivity contribution in [2.24, 2.45) is 0 Å². The fraction of sp³-hybridized carbons (Fsp3) is 0. The Labute approximate surface area is 111 Å². The zero-order valence-corrected chi connectivity index (χ0v) is 10.3. The Hall–Kier alpha value is -2.68. The molecule has 1 aromatic carbocycles. The monoisotopic (exact) mass is 247 g/mol. The molecule has 0 aliphatic heterocycles. The maximum absolute atomic E-state index is 6.12. The van der Waals surface area contributed by atoms with Gasteiger partial charge in [0.2, 0.25) is 0 Å². The van der Waals surface area contributed by atoms with E-state index in [9.17, 15) is 0 Å². The van der Waals surface area contributed by atoms with Crippen LogP contribution in [-0.4, -0.2) is 9.97 Å². The van der Waals surface area contributed by atoms with Gasteiger partial charge < -0.3 is 5.73 Å². The molecule has 0 aliphatic carbocycles. The van der Waals surface area contributed by atoms with Crippen LogP contribution in [0.25, 0.3) is 22.5 Å². The number of rotatable bonds is 2. The molecule has 0 saturated heterocycles. The second kappa shape index (κ2) is 4.90. The van der Waals surface area contributed by atoms with E-state index >= 15 is 0 Å². The second-order valence-electron chi connectivity index (χ2n) is 4.20. The molecule has 0 bridgehead atoms. The highest BCUT2D eigenvalue weighted by Crippen LogP contribution is 2.34. The molecule has 0 aliphatic rings. The number of benzene rings is 1. The van der Waals surface area contributed by atoms with Crippen LogP contribution in [0.1, 0.15) is 0 Å². The predicted molar refractivity (Wildman–Crippen MR) is 77.3 cm³/mol. The van der Waals surface area contributed by atoms with Gasteiger partial charge in [-0.3, -0.25) is 9.97 Å². The third-order valence-electron chi connectivity index (χ3n) is 2.96. The molecule has 2 heterocycles. The average molecular weight is 247 g/mol. The Morgan fingerprint density at radius 3 is 2.00 bits per heavy atom. The van der Waals surface area contributed by atoms with Crippen molar-refractivity contribution in [3.8, 4) is 22.5 Å². The molecule has 0 spiro atoms. The molecule has 3 aromatic rings. The van der Waals surface area contributed by atoms with E-state index in [0.29, 0.717) is 5.69 Å². The van der Waals surface area contributed by atoms with Crippen molar-refractivity contribution in [3.05, 3.63) is 67.0 Å². The zero-order valence-electron chi connectivity index (χ0n) is 10.3. The molecule has 0 atom stereocenters. The number of aromatic nitrogens is 2. The third-order valence-corrected chi connectivity index (χ3v) is 2.96. The maximum atomic E-state index is 6.12. The molecule has 3 nitrogen and oxygen atoms in total. The summed E-state index contributed by atoms with van der Waals surface area (Å²) < 4.78 is 0. The van der Waals surface area contributed by atoms with E-state index in [4.69, 9.17) is 5.73 Å². The van der Waals surface area contributed by atoms with Crippen LogP contribution >= 0.6 is 0 Å². The molecule has 0 radical (unpaired) electrons. The molecule has 92 valence electrons. The molecule has 0 unspecified atom stereocenters. The van der Waals surface area contributed by atoms with Gasteiger partial charge in [0.25, 0.3) is 0 Å². The average Bonchev–Trinajstić information content (AvgIpc) is 2.49. The quantitative estimate of drug-likeness (QED) is 0.706. The molecule has 3 rings (SSSR count). The van der Waals surface area contributed by atoms with E-state index in [2.05, 4.69) is 9.97 Å². The standard InChI is InChI=1S/C16H13N3/c17-13-7-5-6-12(14-8-1-3-10-18-14)16(13)15-9-2-4-11-19-15/h1-11H,17H2. The van der Waals surface area contributed by atoms with Crippen LogP contribution in [0.5, 0.6) is 0 Å². The van der Waals surface area contributed by atoms with Crippen molar-refractivity contribution in [1.82, 2.24) is 9.97 Å². The molecule has 0 fully saturated rings. The van der Waals surface area contributed by atoms with Gasteiger partial charge in [-0.15, -0.1) is 0 Å².